The molecule has 2 aromatic carbocycles. The van der Waals surface area contributed by atoms with Gasteiger partial charge in [-0.3, -0.25) is 4.99 Å². The second kappa shape index (κ2) is 11.8. The van der Waals surface area contributed by atoms with Crippen molar-refractivity contribution in [3.8, 4) is 0 Å². The maximum atomic E-state index is 13.2. The number of esters is 2. The van der Waals surface area contributed by atoms with E-state index in [4.69, 9.17) is 14.5 Å². The lowest BCUT2D eigenvalue weighted by Crippen LogP contribution is -2.39. The van der Waals surface area contributed by atoms with Gasteiger partial charge in [0, 0.05) is 17.2 Å². The van der Waals surface area contributed by atoms with E-state index in [0.29, 0.717) is 12.1 Å². The first-order chi connectivity index (χ1) is 14.9. The summed E-state index contributed by atoms with van der Waals surface area (Å²) in [6.45, 7) is 7.97. The van der Waals surface area contributed by atoms with Crippen LogP contribution in [-0.2, 0) is 19.1 Å². The van der Waals surface area contributed by atoms with E-state index >= 15 is 0 Å². The summed E-state index contributed by atoms with van der Waals surface area (Å²) in [7, 11) is 0. The minimum Gasteiger partial charge on any atom is -0.464 e. The van der Waals surface area contributed by atoms with Crippen LogP contribution in [-0.4, -0.2) is 36.4 Å². The van der Waals surface area contributed by atoms with Gasteiger partial charge in [0.15, 0.2) is 5.54 Å². The molecule has 0 spiro atoms. The summed E-state index contributed by atoms with van der Waals surface area (Å²) in [5.74, 6) is -0.891. The molecule has 0 N–H and O–H groups in total. The van der Waals surface area contributed by atoms with E-state index in [1.54, 1.807) is 13.8 Å². The normalized spacial score (nSPS) is 12.9. The minimum absolute atomic E-state index is 0.118. The first-order valence-corrected chi connectivity index (χ1v) is 10.7. The number of carbonyl (C=O) groups excluding carboxylic acids is 2. The van der Waals surface area contributed by atoms with Crippen molar-refractivity contribution in [3.05, 3.63) is 83.9 Å². The number of benzene rings is 2. The molecule has 0 amide bonds. The highest BCUT2D eigenvalue weighted by molar-refractivity contribution is 6.14. The summed E-state index contributed by atoms with van der Waals surface area (Å²) in [6.07, 6.45) is 3.18. The van der Waals surface area contributed by atoms with Crippen molar-refractivity contribution in [1.82, 2.24) is 0 Å². The summed E-state index contributed by atoms with van der Waals surface area (Å²) >= 11 is 0. The highest BCUT2D eigenvalue weighted by Gasteiger charge is 2.39. The molecule has 2 rings (SSSR count). The van der Waals surface area contributed by atoms with Gasteiger partial charge >= 0.3 is 11.9 Å². The van der Waals surface area contributed by atoms with Crippen LogP contribution < -0.4 is 0 Å². The molecule has 0 aliphatic rings. The third-order valence-corrected chi connectivity index (χ3v) is 4.54. The van der Waals surface area contributed by atoms with Crippen molar-refractivity contribution >= 4 is 17.7 Å². The monoisotopic (exact) mass is 421 g/mol. The molecule has 2 aromatic rings. The molecule has 164 valence electrons. The molecule has 0 aromatic heterocycles. The topological polar surface area (TPSA) is 65.0 Å². The zero-order valence-electron chi connectivity index (χ0n) is 18.7. The summed E-state index contributed by atoms with van der Waals surface area (Å²) < 4.78 is 10.5. The molecule has 0 aliphatic carbocycles. The van der Waals surface area contributed by atoms with E-state index in [-0.39, 0.29) is 19.1 Å². The second-order valence-corrected chi connectivity index (χ2v) is 7.52. The zero-order chi connectivity index (χ0) is 22.7. The van der Waals surface area contributed by atoms with Gasteiger partial charge < -0.3 is 9.47 Å². The number of rotatable bonds is 10. The van der Waals surface area contributed by atoms with Crippen molar-refractivity contribution < 1.29 is 19.1 Å². The molecule has 1 atom stereocenters. The lowest BCUT2D eigenvalue weighted by molar-refractivity contribution is -0.148. The van der Waals surface area contributed by atoms with E-state index in [1.165, 1.54) is 12.2 Å². The number of ether oxygens (including phenoxy) is 2. The molecular formula is C26H31NO4. The van der Waals surface area contributed by atoms with Gasteiger partial charge in [-0.25, -0.2) is 9.59 Å². The Hall–Kier alpha value is -3.21. The number of hydrogen-bond donors (Lipinski definition) is 0. The first kappa shape index (κ1) is 24.1. The lowest BCUT2D eigenvalue weighted by atomic mass is 9.87. The van der Waals surface area contributed by atoms with E-state index in [2.05, 4.69) is 0 Å². The van der Waals surface area contributed by atoms with Crippen LogP contribution in [0.15, 0.2) is 77.8 Å². The van der Waals surface area contributed by atoms with Gasteiger partial charge in [-0.05, 0) is 32.3 Å². The molecule has 0 saturated carbocycles. The molecule has 0 radical (unpaired) electrons. The number of hydrogen-bond acceptors (Lipinski definition) is 5. The van der Waals surface area contributed by atoms with Crippen molar-refractivity contribution in [3.63, 3.8) is 0 Å². The van der Waals surface area contributed by atoms with Crippen LogP contribution in [0.5, 0.6) is 0 Å². The Bertz CT molecular complexity index is 862. The van der Waals surface area contributed by atoms with Crippen LogP contribution in [0.3, 0.4) is 0 Å². The zero-order valence-corrected chi connectivity index (χ0v) is 18.7. The fourth-order valence-electron chi connectivity index (χ4n) is 3.31. The van der Waals surface area contributed by atoms with Gasteiger partial charge in [-0.2, -0.15) is 0 Å². The Morgan fingerprint density at radius 3 is 1.87 bits per heavy atom. The van der Waals surface area contributed by atoms with Gasteiger partial charge in [-0.1, -0.05) is 74.5 Å². The molecule has 0 aliphatic heterocycles. The van der Waals surface area contributed by atoms with Crippen molar-refractivity contribution in [2.45, 2.75) is 39.7 Å². The van der Waals surface area contributed by atoms with Gasteiger partial charge in [0.25, 0.3) is 0 Å². The molecule has 0 saturated heterocycles. The molecule has 0 fully saturated rings. The summed E-state index contributed by atoms with van der Waals surface area (Å²) in [6, 6.07) is 19.4. The summed E-state index contributed by atoms with van der Waals surface area (Å²) in [5.41, 5.74) is 1.03. The van der Waals surface area contributed by atoms with Gasteiger partial charge in [-0.15, -0.1) is 0 Å². The SMILES string of the molecule is CCOC(=O)/C=C\C(CC(C)C)(N=C(c1ccccc1)c1ccccc1)C(=O)OCC. The van der Waals surface area contributed by atoms with Crippen LogP contribution in [0.1, 0.15) is 45.2 Å². The standard InChI is InChI=1S/C26H31NO4/c1-5-30-23(28)17-18-26(19-20(3)4,25(29)31-6-2)27-24(21-13-9-7-10-14-21)22-15-11-8-12-16-22/h7-18,20H,5-6,19H2,1-4H3/b18-17-. The van der Waals surface area contributed by atoms with E-state index in [0.717, 1.165) is 11.1 Å². The van der Waals surface area contributed by atoms with Gasteiger partial charge in [0.2, 0.25) is 0 Å². The van der Waals surface area contributed by atoms with Gasteiger partial charge in [0.05, 0.1) is 18.9 Å². The van der Waals surface area contributed by atoms with Crippen LogP contribution in [0.4, 0.5) is 0 Å². The smallest absolute Gasteiger partial charge is 0.338 e. The second-order valence-electron chi connectivity index (χ2n) is 7.52. The molecular weight excluding hydrogens is 390 g/mol. The van der Waals surface area contributed by atoms with E-state index in [9.17, 15) is 9.59 Å². The number of carbonyl (C=O) groups is 2. The fourth-order valence-corrected chi connectivity index (χ4v) is 3.31. The molecule has 0 bridgehead atoms. The molecule has 5 heteroatoms. The fraction of sp³-hybridized carbons (Fsp3) is 0.346. The van der Waals surface area contributed by atoms with Crippen molar-refractivity contribution in [1.29, 1.82) is 0 Å². The van der Waals surface area contributed by atoms with Crippen molar-refractivity contribution in [2.24, 2.45) is 10.9 Å². The predicted molar refractivity (Wildman–Crippen MR) is 123 cm³/mol. The number of nitrogens with zero attached hydrogens (tertiary/aromatic N) is 1. The van der Waals surface area contributed by atoms with Crippen LogP contribution in [0.25, 0.3) is 0 Å². The third-order valence-electron chi connectivity index (χ3n) is 4.54. The maximum Gasteiger partial charge on any atom is 0.338 e. The largest absolute Gasteiger partial charge is 0.464 e. The first-order valence-electron chi connectivity index (χ1n) is 10.7. The Balaban J connectivity index is 2.73. The number of aliphatic imine (C=N–C) groups is 1. The van der Waals surface area contributed by atoms with Gasteiger partial charge in [0.1, 0.15) is 0 Å². The van der Waals surface area contributed by atoms with E-state index in [1.807, 2.05) is 74.5 Å². The summed E-state index contributed by atoms with van der Waals surface area (Å²) in [5, 5.41) is 0. The average molecular weight is 422 g/mol. The molecule has 0 heterocycles. The Kier molecular flexibility index (Phi) is 9.19. The quantitative estimate of drug-likeness (QED) is 0.308. The Morgan fingerprint density at radius 2 is 1.42 bits per heavy atom. The highest BCUT2D eigenvalue weighted by Crippen LogP contribution is 2.28. The molecule has 1 unspecified atom stereocenters. The molecule has 31 heavy (non-hydrogen) atoms. The van der Waals surface area contributed by atoms with E-state index < -0.39 is 17.5 Å². The van der Waals surface area contributed by atoms with Crippen molar-refractivity contribution in [2.75, 3.05) is 13.2 Å². The molecule has 5 nitrogen and oxygen atoms in total. The average Bonchev–Trinajstić information content (AvgIpc) is 2.77. The highest BCUT2D eigenvalue weighted by atomic mass is 16.5. The predicted octanol–water partition coefficient (Wildman–Crippen LogP) is 4.99. The summed E-state index contributed by atoms with van der Waals surface area (Å²) in [4.78, 5) is 30.3. The minimum atomic E-state index is -1.36. The third kappa shape index (κ3) is 6.92. The Morgan fingerprint density at radius 1 is 0.903 bits per heavy atom. The van der Waals surface area contributed by atoms with Crippen LogP contribution in [0, 0.1) is 5.92 Å². The maximum absolute atomic E-state index is 13.2. The van der Waals surface area contributed by atoms with Crippen LogP contribution in [0.2, 0.25) is 0 Å². The Labute approximate surface area is 184 Å². The lowest BCUT2D eigenvalue weighted by Gasteiger charge is -2.28. The van der Waals surface area contributed by atoms with Crippen LogP contribution >= 0.6 is 0 Å².